The number of aromatic nitrogens is 2. The summed E-state index contributed by atoms with van der Waals surface area (Å²) >= 11 is 6.28. The van der Waals surface area contributed by atoms with Crippen LogP contribution in [-0.4, -0.2) is 18.2 Å². The molecule has 0 spiro atoms. The van der Waals surface area contributed by atoms with Crippen LogP contribution in [0.5, 0.6) is 0 Å². The summed E-state index contributed by atoms with van der Waals surface area (Å²) in [5.41, 5.74) is -0.372. The Morgan fingerprint density at radius 1 is 0.875 bits per heavy atom. The lowest BCUT2D eigenvalue weighted by Crippen LogP contribution is -2.11. The van der Waals surface area contributed by atoms with E-state index >= 15 is 0 Å². The first-order chi connectivity index (χ1) is 15.1. The molecular formula is C22H15ClF3N3O2S. The third-order valence-corrected chi connectivity index (χ3v) is 6.01. The fourth-order valence-corrected chi connectivity index (χ4v) is 4.11. The summed E-state index contributed by atoms with van der Waals surface area (Å²) in [6, 6.07) is 19.7. The molecule has 10 heteroatoms. The van der Waals surface area contributed by atoms with Gasteiger partial charge < -0.3 is 0 Å². The third-order valence-electron chi connectivity index (χ3n) is 4.75. The van der Waals surface area contributed by atoms with Gasteiger partial charge in [-0.1, -0.05) is 60.1 Å². The van der Waals surface area contributed by atoms with Crippen molar-refractivity contribution in [2.45, 2.75) is 11.1 Å². The summed E-state index contributed by atoms with van der Waals surface area (Å²) in [6.45, 7) is 0. The van der Waals surface area contributed by atoms with Crippen molar-refractivity contribution in [3.63, 3.8) is 0 Å². The number of primary sulfonamides is 1. The average molecular weight is 478 g/mol. The van der Waals surface area contributed by atoms with Crippen molar-refractivity contribution in [3.8, 4) is 28.1 Å². The number of hydrogen-bond acceptors (Lipinski definition) is 3. The second-order valence-electron chi connectivity index (χ2n) is 6.87. The highest BCUT2D eigenvalue weighted by atomic mass is 35.5. The number of alkyl halides is 3. The molecule has 0 saturated carbocycles. The zero-order chi connectivity index (χ0) is 23.1. The van der Waals surface area contributed by atoms with Gasteiger partial charge in [0.15, 0.2) is 5.69 Å². The van der Waals surface area contributed by atoms with Crippen molar-refractivity contribution >= 4 is 21.6 Å². The van der Waals surface area contributed by atoms with Gasteiger partial charge in [-0.05, 0) is 30.3 Å². The van der Waals surface area contributed by atoms with E-state index in [2.05, 4.69) is 5.10 Å². The van der Waals surface area contributed by atoms with Crippen LogP contribution in [0.4, 0.5) is 13.2 Å². The van der Waals surface area contributed by atoms with Crippen LogP contribution < -0.4 is 5.14 Å². The molecule has 1 aromatic heterocycles. The molecule has 0 saturated heterocycles. The highest BCUT2D eigenvalue weighted by Crippen LogP contribution is 2.45. The van der Waals surface area contributed by atoms with Crippen LogP contribution in [0, 0.1) is 0 Å². The summed E-state index contributed by atoms with van der Waals surface area (Å²) in [4.78, 5) is -0.164. The van der Waals surface area contributed by atoms with E-state index in [1.807, 2.05) is 0 Å². The van der Waals surface area contributed by atoms with E-state index in [1.165, 1.54) is 41.1 Å². The van der Waals surface area contributed by atoms with Gasteiger partial charge in [-0.2, -0.15) is 18.3 Å². The minimum Gasteiger partial charge on any atom is -0.232 e. The Hall–Kier alpha value is -3.14. The Morgan fingerprint density at radius 3 is 2.03 bits per heavy atom. The zero-order valence-corrected chi connectivity index (χ0v) is 17.8. The summed E-state index contributed by atoms with van der Waals surface area (Å²) in [6.07, 6.45) is -4.77. The number of benzene rings is 3. The largest absolute Gasteiger partial charge is 0.435 e. The van der Waals surface area contributed by atoms with E-state index in [4.69, 9.17) is 16.7 Å². The van der Waals surface area contributed by atoms with Gasteiger partial charge in [0.1, 0.15) is 0 Å². The first-order valence-corrected chi connectivity index (χ1v) is 11.1. The van der Waals surface area contributed by atoms with Gasteiger partial charge in [0.2, 0.25) is 10.0 Å². The molecule has 0 atom stereocenters. The maximum atomic E-state index is 14.1. The predicted molar refractivity (Wildman–Crippen MR) is 116 cm³/mol. The maximum Gasteiger partial charge on any atom is 0.435 e. The number of nitrogens with zero attached hydrogens (tertiary/aromatic N) is 2. The lowest BCUT2D eigenvalue weighted by Gasteiger charge is -2.12. The van der Waals surface area contributed by atoms with Gasteiger partial charge in [0.25, 0.3) is 0 Å². The molecule has 0 unspecified atom stereocenters. The molecule has 0 amide bonds. The fraction of sp³-hybridized carbons (Fsp3) is 0.0455. The van der Waals surface area contributed by atoms with Crippen molar-refractivity contribution < 1.29 is 21.6 Å². The molecule has 4 rings (SSSR count). The fourth-order valence-electron chi connectivity index (χ4n) is 3.36. The molecule has 1 heterocycles. The summed E-state index contributed by atoms with van der Waals surface area (Å²) in [5, 5.41) is 9.18. The molecule has 0 fully saturated rings. The van der Waals surface area contributed by atoms with Gasteiger partial charge in [0.05, 0.1) is 16.3 Å². The number of rotatable bonds is 4. The predicted octanol–water partition coefficient (Wildman–Crippen LogP) is 5.53. The molecule has 0 radical (unpaired) electrons. The van der Waals surface area contributed by atoms with Crippen molar-refractivity contribution in [2.75, 3.05) is 0 Å². The van der Waals surface area contributed by atoms with Gasteiger partial charge in [0, 0.05) is 21.7 Å². The van der Waals surface area contributed by atoms with Crippen molar-refractivity contribution in [1.82, 2.24) is 9.78 Å². The summed E-state index contributed by atoms with van der Waals surface area (Å²) in [5.74, 6) is 0. The zero-order valence-electron chi connectivity index (χ0n) is 16.2. The van der Waals surface area contributed by atoms with E-state index in [1.54, 1.807) is 42.5 Å². The minimum absolute atomic E-state index is 0.109. The Morgan fingerprint density at radius 2 is 1.47 bits per heavy atom. The summed E-state index contributed by atoms with van der Waals surface area (Å²) < 4.78 is 66.7. The minimum atomic E-state index is -4.77. The Balaban J connectivity index is 2.10. The van der Waals surface area contributed by atoms with Gasteiger partial charge in [-0.25, -0.2) is 18.2 Å². The quantitative estimate of drug-likeness (QED) is 0.420. The number of nitrogens with two attached hydrogens (primary N) is 1. The second-order valence-corrected chi connectivity index (χ2v) is 8.84. The van der Waals surface area contributed by atoms with Crippen LogP contribution in [0.3, 0.4) is 0 Å². The topological polar surface area (TPSA) is 78.0 Å². The van der Waals surface area contributed by atoms with Gasteiger partial charge >= 0.3 is 6.18 Å². The number of sulfonamides is 1. The molecule has 4 aromatic rings. The Bertz CT molecular complexity index is 1380. The molecule has 0 aliphatic carbocycles. The standard InChI is InChI=1S/C22H15ClF3N3O2S/c23-18-9-5-4-8-17(18)19-20(14-10-12-16(13-11-14)32(27,30)31)29(15-6-2-1-3-7-15)28-21(19)22(24,25)26/h1-13H,(H2,27,30,31). The second kappa shape index (κ2) is 8.09. The molecule has 0 bridgehead atoms. The molecule has 0 aliphatic rings. The van der Waals surface area contributed by atoms with Crippen LogP contribution in [-0.2, 0) is 16.2 Å². The monoisotopic (exact) mass is 477 g/mol. The molecule has 5 nitrogen and oxygen atoms in total. The van der Waals surface area contributed by atoms with E-state index in [0.717, 1.165) is 0 Å². The molecule has 2 N–H and O–H groups in total. The Labute approximate surface area is 186 Å². The van der Waals surface area contributed by atoms with Crippen molar-refractivity contribution in [1.29, 1.82) is 0 Å². The smallest absolute Gasteiger partial charge is 0.232 e. The number of hydrogen-bond donors (Lipinski definition) is 1. The number of para-hydroxylation sites is 1. The molecule has 32 heavy (non-hydrogen) atoms. The van der Waals surface area contributed by atoms with Crippen molar-refractivity contribution in [3.05, 3.63) is 89.6 Å². The molecular weight excluding hydrogens is 463 g/mol. The molecule has 0 aliphatic heterocycles. The lowest BCUT2D eigenvalue weighted by atomic mass is 9.98. The van der Waals surface area contributed by atoms with E-state index in [0.29, 0.717) is 11.3 Å². The van der Waals surface area contributed by atoms with Gasteiger partial charge in [-0.3, -0.25) is 0 Å². The number of halogens is 4. The van der Waals surface area contributed by atoms with E-state index < -0.39 is 21.9 Å². The van der Waals surface area contributed by atoms with Crippen LogP contribution in [0.15, 0.2) is 83.8 Å². The van der Waals surface area contributed by atoms with Gasteiger partial charge in [-0.15, -0.1) is 0 Å². The van der Waals surface area contributed by atoms with Crippen LogP contribution in [0.25, 0.3) is 28.1 Å². The lowest BCUT2D eigenvalue weighted by molar-refractivity contribution is -0.140. The average Bonchev–Trinajstić information content (AvgIpc) is 3.15. The van der Waals surface area contributed by atoms with Crippen LogP contribution in [0.2, 0.25) is 5.02 Å². The van der Waals surface area contributed by atoms with E-state index in [9.17, 15) is 21.6 Å². The van der Waals surface area contributed by atoms with Crippen molar-refractivity contribution in [2.24, 2.45) is 5.14 Å². The molecule has 3 aromatic carbocycles. The van der Waals surface area contributed by atoms with Crippen LogP contribution >= 0.6 is 11.6 Å². The highest BCUT2D eigenvalue weighted by molar-refractivity contribution is 7.89. The SMILES string of the molecule is NS(=O)(=O)c1ccc(-c2c(-c3ccccc3Cl)c(C(F)(F)F)nn2-c2ccccc2)cc1. The third kappa shape index (κ3) is 4.14. The summed E-state index contributed by atoms with van der Waals surface area (Å²) in [7, 11) is -3.97. The molecule has 164 valence electrons. The van der Waals surface area contributed by atoms with Crippen LogP contribution in [0.1, 0.15) is 5.69 Å². The highest BCUT2D eigenvalue weighted by Gasteiger charge is 2.40. The first-order valence-electron chi connectivity index (χ1n) is 9.21. The first kappa shape index (κ1) is 22.1. The normalized spacial score (nSPS) is 12.2. The maximum absolute atomic E-state index is 14.1. The van der Waals surface area contributed by atoms with E-state index in [-0.39, 0.29) is 26.7 Å². The Kier molecular flexibility index (Phi) is 5.58.